The van der Waals surface area contributed by atoms with E-state index in [9.17, 15) is 13.2 Å². The SMILES string of the molecule is CCOc1ccccc1C=CC(=O)Nc1ccc(S(=O)(=O)NC(C)C2CC3CCC2C3)cc1. The van der Waals surface area contributed by atoms with E-state index in [-0.39, 0.29) is 16.8 Å². The maximum absolute atomic E-state index is 12.9. The van der Waals surface area contributed by atoms with Crippen molar-refractivity contribution >= 4 is 27.7 Å². The predicted molar refractivity (Wildman–Crippen MR) is 130 cm³/mol. The van der Waals surface area contributed by atoms with Gasteiger partial charge < -0.3 is 10.1 Å². The standard InChI is InChI=1S/C26H32N2O4S/c1-3-32-25-7-5-4-6-20(25)10-15-26(29)27-22-11-13-23(14-12-22)33(30,31)28-18(2)24-17-19-8-9-21(24)16-19/h4-7,10-15,18-19,21,24,28H,3,8-9,16-17H2,1-2H3,(H,27,29). The normalized spacial score (nSPS) is 23.0. The molecule has 6 nitrogen and oxygen atoms in total. The molecule has 2 N–H and O–H groups in total. The zero-order chi connectivity index (χ0) is 23.4. The Balaban J connectivity index is 1.35. The first-order chi connectivity index (χ1) is 15.9. The highest BCUT2D eigenvalue weighted by atomic mass is 32.2. The van der Waals surface area contributed by atoms with Crippen LogP contribution in [0.15, 0.2) is 59.5 Å². The minimum absolute atomic E-state index is 0.0746. The molecule has 0 aromatic heterocycles. The molecule has 0 spiro atoms. The molecule has 4 rings (SSSR count). The molecule has 33 heavy (non-hydrogen) atoms. The number of ether oxygens (including phenoxy) is 1. The molecule has 4 atom stereocenters. The van der Waals surface area contributed by atoms with Crippen LogP contribution in [0.25, 0.3) is 6.08 Å². The fraction of sp³-hybridized carbons (Fsp3) is 0.423. The summed E-state index contributed by atoms with van der Waals surface area (Å²) < 4.78 is 34.2. The molecule has 0 heterocycles. The average Bonchev–Trinajstić information content (AvgIpc) is 3.43. The highest BCUT2D eigenvalue weighted by molar-refractivity contribution is 7.89. The molecule has 2 aromatic rings. The number of hydrogen-bond donors (Lipinski definition) is 2. The number of nitrogens with one attached hydrogen (secondary N) is 2. The van der Waals surface area contributed by atoms with Crippen molar-refractivity contribution in [3.05, 3.63) is 60.2 Å². The van der Waals surface area contributed by atoms with E-state index in [0.29, 0.717) is 29.9 Å². The van der Waals surface area contributed by atoms with E-state index in [1.165, 1.54) is 37.5 Å². The Labute approximate surface area is 196 Å². The number of rotatable bonds is 9. The lowest BCUT2D eigenvalue weighted by Crippen LogP contribution is -2.40. The van der Waals surface area contributed by atoms with Gasteiger partial charge in [-0.05, 0) is 87.3 Å². The van der Waals surface area contributed by atoms with Crippen molar-refractivity contribution in [2.75, 3.05) is 11.9 Å². The van der Waals surface area contributed by atoms with E-state index in [2.05, 4.69) is 10.0 Å². The Morgan fingerprint density at radius 3 is 2.55 bits per heavy atom. The summed E-state index contributed by atoms with van der Waals surface area (Å²) in [6, 6.07) is 13.7. The van der Waals surface area contributed by atoms with Gasteiger partial charge in [0.1, 0.15) is 5.75 Å². The van der Waals surface area contributed by atoms with Crippen LogP contribution < -0.4 is 14.8 Å². The van der Waals surface area contributed by atoms with Crippen LogP contribution in [0.2, 0.25) is 0 Å². The molecular weight excluding hydrogens is 436 g/mol. The molecule has 4 unspecified atom stereocenters. The minimum Gasteiger partial charge on any atom is -0.493 e. The Morgan fingerprint density at radius 1 is 1.12 bits per heavy atom. The largest absolute Gasteiger partial charge is 0.493 e. The molecule has 0 aliphatic heterocycles. The number of carbonyl (C=O) groups is 1. The maximum Gasteiger partial charge on any atom is 0.248 e. The summed E-state index contributed by atoms with van der Waals surface area (Å²) in [6.45, 7) is 4.43. The first kappa shape index (κ1) is 23.5. The van der Waals surface area contributed by atoms with Crippen molar-refractivity contribution in [2.24, 2.45) is 17.8 Å². The molecule has 1 amide bonds. The summed E-state index contributed by atoms with van der Waals surface area (Å²) in [7, 11) is -3.61. The van der Waals surface area contributed by atoms with Crippen LogP contribution in [0.5, 0.6) is 5.75 Å². The number of carbonyl (C=O) groups excluding carboxylic acids is 1. The van der Waals surface area contributed by atoms with Gasteiger partial charge in [0.15, 0.2) is 0 Å². The summed E-state index contributed by atoms with van der Waals surface area (Å²) in [4.78, 5) is 12.5. The molecule has 0 saturated heterocycles. The van der Waals surface area contributed by atoms with Crippen molar-refractivity contribution in [2.45, 2.75) is 50.5 Å². The van der Waals surface area contributed by atoms with Crippen LogP contribution >= 0.6 is 0 Å². The number of sulfonamides is 1. The predicted octanol–water partition coefficient (Wildman–Crippen LogP) is 4.84. The highest BCUT2D eigenvalue weighted by Crippen LogP contribution is 2.49. The second-order valence-electron chi connectivity index (χ2n) is 9.07. The smallest absolute Gasteiger partial charge is 0.248 e. The van der Waals surface area contributed by atoms with Crippen LogP contribution in [-0.4, -0.2) is 27.0 Å². The summed E-state index contributed by atoms with van der Waals surface area (Å²) in [6.07, 6.45) is 8.02. The van der Waals surface area contributed by atoms with Crippen molar-refractivity contribution in [1.82, 2.24) is 4.72 Å². The summed E-state index contributed by atoms with van der Waals surface area (Å²) >= 11 is 0. The van der Waals surface area contributed by atoms with Crippen molar-refractivity contribution < 1.29 is 17.9 Å². The third kappa shape index (κ3) is 5.65. The fourth-order valence-electron chi connectivity index (χ4n) is 5.28. The van der Waals surface area contributed by atoms with Crippen molar-refractivity contribution in [1.29, 1.82) is 0 Å². The lowest BCUT2D eigenvalue weighted by atomic mass is 9.84. The molecule has 2 aromatic carbocycles. The third-order valence-electron chi connectivity index (χ3n) is 6.84. The first-order valence-corrected chi connectivity index (χ1v) is 13.2. The Hall–Kier alpha value is -2.64. The molecule has 0 radical (unpaired) electrons. The zero-order valence-corrected chi connectivity index (χ0v) is 20.0. The molecule has 2 aliphatic rings. The van der Waals surface area contributed by atoms with Gasteiger partial charge in [-0.15, -0.1) is 0 Å². The van der Waals surface area contributed by atoms with Gasteiger partial charge in [0, 0.05) is 23.4 Å². The number of para-hydroxylation sites is 1. The van der Waals surface area contributed by atoms with Crippen LogP contribution in [0.4, 0.5) is 5.69 Å². The van der Waals surface area contributed by atoms with Crippen LogP contribution in [-0.2, 0) is 14.8 Å². The number of fused-ring (bicyclic) bond motifs is 2. The number of hydrogen-bond acceptors (Lipinski definition) is 4. The lowest BCUT2D eigenvalue weighted by Gasteiger charge is -2.28. The fourth-order valence-corrected chi connectivity index (χ4v) is 6.57. The van der Waals surface area contributed by atoms with Crippen LogP contribution in [0.3, 0.4) is 0 Å². The van der Waals surface area contributed by atoms with Gasteiger partial charge in [0.05, 0.1) is 11.5 Å². The van der Waals surface area contributed by atoms with E-state index < -0.39 is 10.0 Å². The second kappa shape index (κ2) is 10.1. The topological polar surface area (TPSA) is 84.5 Å². The monoisotopic (exact) mass is 468 g/mol. The average molecular weight is 469 g/mol. The summed E-state index contributed by atoms with van der Waals surface area (Å²) in [5.41, 5.74) is 1.34. The molecule has 2 bridgehead atoms. The third-order valence-corrected chi connectivity index (χ3v) is 8.42. The van der Waals surface area contributed by atoms with Crippen molar-refractivity contribution in [3.8, 4) is 5.75 Å². The van der Waals surface area contributed by atoms with Gasteiger partial charge in [-0.1, -0.05) is 24.6 Å². The highest BCUT2D eigenvalue weighted by Gasteiger charge is 2.42. The van der Waals surface area contributed by atoms with E-state index in [0.717, 1.165) is 17.9 Å². The number of benzene rings is 2. The maximum atomic E-state index is 12.9. The zero-order valence-electron chi connectivity index (χ0n) is 19.2. The van der Waals surface area contributed by atoms with Gasteiger partial charge in [0.2, 0.25) is 15.9 Å². The van der Waals surface area contributed by atoms with E-state index in [4.69, 9.17) is 4.74 Å². The Bertz CT molecular complexity index is 1110. The molecule has 2 fully saturated rings. The molecular formula is C26H32N2O4S. The lowest BCUT2D eigenvalue weighted by molar-refractivity contribution is -0.111. The molecule has 2 aliphatic carbocycles. The quantitative estimate of drug-likeness (QED) is 0.516. The molecule has 176 valence electrons. The molecule has 7 heteroatoms. The summed E-state index contributed by atoms with van der Waals surface area (Å²) in [5, 5.41) is 2.76. The van der Waals surface area contributed by atoms with Gasteiger partial charge in [-0.25, -0.2) is 13.1 Å². The van der Waals surface area contributed by atoms with E-state index in [1.54, 1.807) is 18.2 Å². The van der Waals surface area contributed by atoms with Crippen LogP contribution in [0.1, 0.15) is 45.1 Å². The van der Waals surface area contributed by atoms with Gasteiger partial charge in [-0.2, -0.15) is 0 Å². The Kier molecular flexibility index (Phi) is 7.20. The van der Waals surface area contributed by atoms with Gasteiger partial charge in [0.25, 0.3) is 0 Å². The van der Waals surface area contributed by atoms with E-state index in [1.807, 2.05) is 38.1 Å². The number of anilines is 1. The second-order valence-corrected chi connectivity index (χ2v) is 10.8. The van der Waals surface area contributed by atoms with Crippen LogP contribution in [0, 0.1) is 17.8 Å². The van der Waals surface area contributed by atoms with Gasteiger partial charge in [-0.3, -0.25) is 4.79 Å². The number of amides is 1. The summed E-state index contributed by atoms with van der Waals surface area (Å²) in [5.74, 6) is 2.26. The van der Waals surface area contributed by atoms with E-state index >= 15 is 0 Å². The first-order valence-electron chi connectivity index (χ1n) is 11.7. The molecule has 2 saturated carbocycles. The minimum atomic E-state index is -3.61. The Morgan fingerprint density at radius 2 is 1.88 bits per heavy atom. The van der Waals surface area contributed by atoms with Crippen molar-refractivity contribution in [3.63, 3.8) is 0 Å². The van der Waals surface area contributed by atoms with Gasteiger partial charge >= 0.3 is 0 Å².